The summed E-state index contributed by atoms with van der Waals surface area (Å²) in [6, 6.07) is 6.89. The van der Waals surface area contributed by atoms with Gasteiger partial charge in [-0.2, -0.15) is 8.78 Å². The zero-order chi connectivity index (χ0) is 22.7. The predicted octanol–water partition coefficient (Wildman–Crippen LogP) is 5.38. The van der Waals surface area contributed by atoms with E-state index in [9.17, 15) is 31.1 Å². The first-order chi connectivity index (χ1) is 14.7. The van der Waals surface area contributed by atoms with Crippen LogP contribution in [-0.4, -0.2) is 17.4 Å². The van der Waals surface area contributed by atoms with Crippen molar-refractivity contribution in [3.05, 3.63) is 87.8 Å². The molecule has 0 aliphatic carbocycles. The number of amides is 1. The molecule has 3 rings (SSSR count). The van der Waals surface area contributed by atoms with Crippen molar-refractivity contribution in [2.75, 3.05) is 6.61 Å². The van der Waals surface area contributed by atoms with Crippen LogP contribution in [0.3, 0.4) is 0 Å². The van der Waals surface area contributed by atoms with E-state index in [2.05, 4.69) is 4.74 Å². The molecule has 0 radical (unpaired) electrons. The van der Waals surface area contributed by atoms with Crippen LogP contribution in [0.4, 0.5) is 26.3 Å². The van der Waals surface area contributed by atoms with E-state index in [-0.39, 0.29) is 29.4 Å². The molecule has 0 bridgehead atoms. The fourth-order valence-corrected chi connectivity index (χ4v) is 2.86. The van der Waals surface area contributed by atoms with Crippen LogP contribution in [0.2, 0.25) is 5.02 Å². The van der Waals surface area contributed by atoms with Gasteiger partial charge in [0.25, 0.3) is 5.91 Å². The zero-order valence-corrected chi connectivity index (χ0v) is 16.2. The summed E-state index contributed by atoms with van der Waals surface area (Å²) in [5, 5.41) is 0.0120. The zero-order valence-electron chi connectivity index (χ0n) is 15.4. The Bertz CT molecular complexity index is 1060. The van der Waals surface area contributed by atoms with Crippen molar-refractivity contribution in [1.82, 2.24) is 4.90 Å². The van der Waals surface area contributed by atoms with E-state index >= 15 is 0 Å². The summed E-state index contributed by atoms with van der Waals surface area (Å²) < 4.78 is 91.1. The Labute approximate surface area is 176 Å². The third-order valence-corrected chi connectivity index (χ3v) is 4.55. The minimum Gasteiger partial charge on any atom is -0.477 e. The second-order valence-corrected chi connectivity index (χ2v) is 6.62. The van der Waals surface area contributed by atoms with Gasteiger partial charge in [0.2, 0.25) is 29.1 Å². The van der Waals surface area contributed by atoms with Gasteiger partial charge < -0.3 is 14.1 Å². The SMILES string of the molecule is O=C(COc1c(F)c(F)c(F)c(F)c1F)N(Cc1ccco1)Cc1c(F)cccc1Cl. The van der Waals surface area contributed by atoms with Crippen LogP contribution in [-0.2, 0) is 17.9 Å². The molecule has 0 N–H and O–H groups in total. The first-order valence-corrected chi connectivity index (χ1v) is 8.95. The number of carbonyl (C=O) groups excluding carboxylic acids is 1. The Morgan fingerprint density at radius 2 is 1.55 bits per heavy atom. The van der Waals surface area contributed by atoms with Gasteiger partial charge >= 0.3 is 0 Å². The molecule has 0 spiro atoms. The maximum absolute atomic E-state index is 14.1. The largest absolute Gasteiger partial charge is 0.477 e. The fraction of sp³-hybridized carbons (Fsp3) is 0.150. The molecule has 11 heteroatoms. The van der Waals surface area contributed by atoms with Gasteiger partial charge in [-0.3, -0.25) is 4.79 Å². The number of halogens is 7. The Morgan fingerprint density at radius 1 is 0.903 bits per heavy atom. The first kappa shape index (κ1) is 22.5. The molecule has 1 aromatic heterocycles. The van der Waals surface area contributed by atoms with Gasteiger partial charge in [-0.25, -0.2) is 17.6 Å². The molecule has 4 nitrogen and oxygen atoms in total. The molecule has 3 aromatic rings. The van der Waals surface area contributed by atoms with E-state index in [1.807, 2.05) is 0 Å². The molecule has 0 atom stereocenters. The number of nitrogens with zero attached hydrogens (tertiary/aromatic N) is 1. The molecule has 1 amide bonds. The second-order valence-electron chi connectivity index (χ2n) is 6.22. The molecule has 0 aliphatic heterocycles. The van der Waals surface area contributed by atoms with Gasteiger partial charge in [-0.1, -0.05) is 17.7 Å². The Kier molecular flexibility index (Phi) is 6.79. The monoisotopic (exact) mass is 463 g/mol. The van der Waals surface area contributed by atoms with Crippen LogP contribution in [0.15, 0.2) is 41.0 Å². The van der Waals surface area contributed by atoms with Crippen LogP contribution in [0.25, 0.3) is 0 Å². The summed E-state index contributed by atoms with van der Waals surface area (Å²) in [5.41, 5.74) is -0.0553. The third kappa shape index (κ3) is 4.79. The Hall–Kier alpha value is -3.14. The number of rotatable bonds is 7. The summed E-state index contributed by atoms with van der Waals surface area (Å²) >= 11 is 5.97. The number of furan rings is 1. The van der Waals surface area contributed by atoms with Gasteiger partial charge in [-0.05, 0) is 24.3 Å². The van der Waals surface area contributed by atoms with E-state index in [4.69, 9.17) is 16.0 Å². The Balaban J connectivity index is 1.84. The average Bonchev–Trinajstić information content (AvgIpc) is 3.25. The van der Waals surface area contributed by atoms with Crippen LogP contribution in [0.1, 0.15) is 11.3 Å². The lowest BCUT2D eigenvalue weighted by Gasteiger charge is -2.23. The van der Waals surface area contributed by atoms with Crippen molar-refractivity contribution >= 4 is 17.5 Å². The lowest BCUT2D eigenvalue weighted by Crippen LogP contribution is -2.34. The minimum absolute atomic E-state index is 0.0120. The second kappa shape index (κ2) is 9.34. The van der Waals surface area contributed by atoms with Crippen LogP contribution >= 0.6 is 11.6 Å². The van der Waals surface area contributed by atoms with Gasteiger partial charge in [0, 0.05) is 10.6 Å². The summed E-state index contributed by atoms with van der Waals surface area (Å²) in [7, 11) is 0. The molecule has 0 saturated carbocycles. The minimum atomic E-state index is -2.36. The lowest BCUT2D eigenvalue weighted by molar-refractivity contribution is -0.135. The van der Waals surface area contributed by atoms with Crippen LogP contribution < -0.4 is 4.74 Å². The van der Waals surface area contributed by atoms with Crippen molar-refractivity contribution < 1.29 is 40.3 Å². The van der Waals surface area contributed by atoms with Crippen LogP contribution in [0, 0.1) is 34.9 Å². The smallest absolute Gasteiger partial charge is 0.261 e. The number of benzene rings is 2. The molecule has 0 saturated heterocycles. The molecule has 0 aliphatic rings. The number of hydrogen-bond acceptors (Lipinski definition) is 3. The number of hydrogen-bond donors (Lipinski definition) is 0. The van der Waals surface area contributed by atoms with Crippen LogP contribution in [0.5, 0.6) is 5.75 Å². The van der Waals surface area contributed by atoms with E-state index in [0.29, 0.717) is 0 Å². The maximum Gasteiger partial charge on any atom is 0.261 e. The van der Waals surface area contributed by atoms with Gasteiger partial charge in [-0.15, -0.1) is 0 Å². The van der Waals surface area contributed by atoms with Crippen molar-refractivity contribution in [2.45, 2.75) is 13.1 Å². The van der Waals surface area contributed by atoms with Gasteiger partial charge in [0.1, 0.15) is 11.6 Å². The standard InChI is InChI=1S/C20H12ClF6NO3/c21-12-4-1-5-13(22)11(12)8-28(7-10-3-2-6-30-10)14(29)9-31-20-18(26)16(24)15(23)17(25)19(20)27/h1-6H,7-9H2. The molecule has 0 unspecified atom stereocenters. The van der Waals surface area contributed by atoms with E-state index in [0.717, 1.165) is 11.0 Å². The number of ether oxygens (including phenoxy) is 1. The highest BCUT2D eigenvalue weighted by atomic mass is 35.5. The third-order valence-electron chi connectivity index (χ3n) is 4.20. The van der Waals surface area contributed by atoms with Crippen molar-refractivity contribution in [3.63, 3.8) is 0 Å². The normalized spacial score (nSPS) is 10.9. The van der Waals surface area contributed by atoms with E-state index in [1.54, 1.807) is 0 Å². The molecule has 1 heterocycles. The molecule has 31 heavy (non-hydrogen) atoms. The molecular weight excluding hydrogens is 452 g/mol. The summed E-state index contributed by atoms with van der Waals surface area (Å²) in [5.74, 6) is -14.2. The summed E-state index contributed by atoms with van der Waals surface area (Å²) in [6.45, 7) is -1.70. The summed E-state index contributed by atoms with van der Waals surface area (Å²) in [6.07, 6.45) is 1.32. The molecule has 164 valence electrons. The highest BCUT2D eigenvalue weighted by Crippen LogP contribution is 2.29. The van der Waals surface area contributed by atoms with Gasteiger partial charge in [0.05, 0.1) is 19.4 Å². The predicted molar refractivity (Wildman–Crippen MR) is 96.1 cm³/mol. The molecule has 2 aromatic carbocycles. The first-order valence-electron chi connectivity index (χ1n) is 8.58. The average molecular weight is 464 g/mol. The van der Waals surface area contributed by atoms with E-state index in [1.165, 1.54) is 30.5 Å². The van der Waals surface area contributed by atoms with Crippen molar-refractivity contribution in [2.24, 2.45) is 0 Å². The number of carbonyl (C=O) groups is 1. The van der Waals surface area contributed by atoms with Crippen molar-refractivity contribution in [1.29, 1.82) is 0 Å². The topological polar surface area (TPSA) is 42.7 Å². The van der Waals surface area contributed by atoms with Gasteiger partial charge in [0.15, 0.2) is 12.4 Å². The highest BCUT2D eigenvalue weighted by molar-refractivity contribution is 6.31. The van der Waals surface area contributed by atoms with E-state index < -0.39 is 53.2 Å². The Morgan fingerprint density at radius 3 is 2.13 bits per heavy atom. The molecule has 0 fully saturated rings. The van der Waals surface area contributed by atoms with Crippen molar-refractivity contribution in [3.8, 4) is 5.75 Å². The summed E-state index contributed by atoms with van der Waals surface area (Å²) in [4.78, 5) is 13.6. The maximum atomic E-state index is 14.1. The fourth-order valence-electron chi connectivity index (χ4n) is 2.63. The quantitative estimate of drug-likeness (QED) is 0.268. The lowest BCUT2D eigenvalue weighted by atomic mass is 10.2. The molecular formula is C20H12ClF6NO3. The highest BCUT2D eigenvalue weighted by Gasteiger charge is 2.28.